The first-order valence-corrected chi connectivity index (χ1v) is 12.4. The van der Waals surface area contributed by atoms with Crippen molar-refractivity contribution in [3.63, 3.8) is 0 Å². The van der Waals surface area contributed by atoms with E-state index in [-0.39, 0.29) is 18.3 Å². The molecule has 29 heavy (non-hydrogen) atoms. The summed E-state index contributed by atoms with van der Waals surface area (Å²) in [6, 6.07) is 3.70. The van der Waals surface area contributed by atoms with E-state index in [1.807, 2.05) is 19.1 Å². The molecule has 1 fully saturated rings. The standard InChI is InChI=1S/C21H36NO6P/c1-15(16-11-19(25-2)21(27-4)20(12-16)26-3)22-13-17(23)14-28-29(5,24)18-9-7-6-8-10-18/h11-12,15,17-18,22-23H,6-10,13-14H2,1-5H3/t15?,17-,29?/m0/s1. The molecule has 2 unspecified atom stereocenters. The van der Waals surface area contributed by atoms with Gasteiger partial charge in [0.05, 0.1) is 34.0 Å². The average molecular weight is 429 g/mol. The second-order valence-electron chi connectivity index (χ2n) is 7.74. The third kappa shape index (κ3) is 6.61. The summed E-state index contributed by atoms with van der Waals surface area (Å²) in [6.07, 6.45) is 4.61. The van der Waals surface area contributed by atoms with Crippen molar-refractivity contribution in [2.45, 2.75) is 56.8 Å². The van der Waals surface area contributed by atoms with Crippen molar-refractivity contribution in [3.8, 4) is 17.2 Å². The van der Waals surface area contributed by atoms with E-state index in [0.29, 0.717) is 23.8 Å². The molecule has 0 bridgehead atoms. The van der Waals surface area contributed by atoms with Crippen LogP contribution in [0.1, 0.15) is 50.6 Å². The van der Waals surface area contributed by atoms with Gasteiger partial charge < -0.3 is 29.2 Å². The highest BCUT2D eigenvalue weighted by Gasteiger charge is 2.31. The van der Waals surface area contributed by atoms with Crippen LogP contribution in [-0.2, 0) is 9.09 Å². The molecule has 0 aromatic heterocycles. The lowest BCUT2D eigenvalue weighted by atomic mass is 10.0. The fourth-order valence-electron chi connectivity index (χ4n) is 3.73. The van der Waals surface area contributed by atoms with E-state index < -0.39 is 13.5 Å². The minimum absolute atomic E-state index is 0.0647. The molecule has 2 N–H and O–H groups in total. The lowest BCUT2D eigenvalue weighted by molar-refractivity contribution is 0.104. The van der Waals surface area contributed by atoms with Crippen molar-refractivity contribution >= 4 is 7.37 Å². The second-order valence-corrected chi connectivity index (χ2v) is 10.5. The van der Waals surface area contributed by atoms with E-state index in [4.69, 9.17) is 18.7 Å². The number of aliphatic hydroxyl groups is 1. The molecule has 8 heteroatoms. The third-order valence-electron chi connectivity index (χ3n) is 5.61. The summed E-state index contributed by atoms with van der Waals surface area (Å²) in [6.45, 7) is 4.09. The van der Waals surface area contributed by atoms with Crippen LogP contribution in [0, 0.1) is 0 Å². The number of nitrogens with one attached hydrogen (secondary N) is 1. The Labute approximate surface area is 174 Å². The van der Waals surface area contributed by atoms with Gasteiger partial charge in [0.15, 0.2) is 11.5 Å². The number of hydrogen-bond acceptors (Lipinski definition) is 7. The van der Waals surface area contributed by atoms with E-state index in [9.17, 15) is 9.67 Å². The molecule has 0 saturated heterocycles. The summed E-state index contributed by atoms with van der Waals surface area (Å²) in [4.78, 5) is 0. The fraction of sp³-hybridized carbons (Fsp3) is 0.714. The third-order valence-corrected chi connectivity index (χ3v) is 8.11. The van der Waals surface area contributed by atoms with Gasteiger partial charge in [-0.05, 0) is 37.5 Å². The lowest BCUT2D eigenvalue weighted by Gasteiger charge is -2.28. The van der Waals surface area contributed by atoms with Crippen LogP contribution in [0.5, 0.6) is 17.2 Å². The summed E-state index contributed by atoms with van der Waals surface area (Å²) in [5.41, 5.74) is 1.07. The van der Waals surface area contributed by atoms with Crippen molar-refractivity contribution in [1.29, 1.82) is 0 Å². The van der Waals surface area contributed by atoms with Gasteiger partial charge in [-0.15, -0.1) is 0 Å². The molecule has 0 aliphatic heterocycles. The number of methoxy groups -OCH3 is 3. The van der Waals surface area contributed by atoms with Crippen LogP contribution in [0.2, 0.25) is 0 Å². The maximum atomic E-state index is 12.8. The van der Waals surface area contributed by atoms with Crippen molar-refractivity contribution in [2.75, 3.05) is 41.1 Å². The van der Waals surface area contributed by atoms with Crippen LogP contribution in [0.3, 0.4) is 0 Å². The molecular weight excluding hydrogens is 393 g/mol. The molecule has 0 amide bonds. The molecular formula is C21H36NO6P. The van der Waals surface area contributed by atoms with E-state index >= 15 is 0 Å². The van der Waals surface area contributed by atoms with Crippen LogP contribution in [0.25, 0.3) is 0 Å². The van der Waals surface area contributed by atoms with Crippen molar-refractivity contribution in [3.05, 3.63) is 17.7 Å². The highest BCUT2D eigenvalue weighted by Crippen LogP contribution is 2.53. The van der Waals surface area contributed by atoms with Crippen LogP contribution in [0.4, 0.5) is 0 Å². The first-order chi connectivity index (χ1) is 13.8. The second kappa shape index (κ2) is 11.2. The summed E-state index contributed by atoms with van der Waals surface area (Å²) >= 11 is 0. The molecule has 3 atom stereocenters. The van der Waals surface area contributed by atoms with E-state index in [1.165, 1.54) is 6.42 Å². The molecule has 2 rings (SSSR count). The molecule has 1 aromatic rings. The first-order valence-electron chi connectivity index (χ1n) is 10.3. The highest BCUT2D eigenvalue weighted by atomic mass is 31.2. The largest absolute Gasteiger partial charge is 0.493 e. The Hall–Kier alpha value is -1.27. The predicted octanol–water partition coefficient (Wildman–Crippen LogP) is 3.98. The zero-order valence-electron chi connectivity index (χ0n) is 18.3. The van der Waals surface area contributed by atoms with Gasteiger partial charge in [-0.1, -0.05) is 19.3 Å². The monoisotopic (exact) mass is 429 g/mol. The van der Waals surface area contributed by atoms with Gasteiger partial charge in [-0.2, -0.15) is 0 Å². The normalized spacial score (nSPS) is 19.2. The van der Waals surface area contributed by atoms with Gasteiger partial charge in [0.25, 0.3) is 0 Å². The van der Waals surface area contributed by atoms with Crippen molar-refractivity contribution in [1.82, 2.24) is 5.32 Å². The smallest absolute Gasteiger partial charge is 0.203 e. The zero-order valence-corrected chi connectivity index (χ0v) is 19.2. The van der Waals surface area contributed by atoms with E-state index in [1.54, 1.807) is 28.0 Å². The van der Waals surface area contributed by atoms with Crippen LogP contribution in [0.15, 0.2) is 12.1 Å². The molecule has 1 saturated carbocycles. The predicted molar refractivity (Wildman–Crippen MR) is 115 cm³/mol. The summed E-state index contributed by atoms with van der Waals surface area (Å²) in [7, 11) is 2.03. The summed E-state index contributed by atoms with van der Waals surface area (Å²) in [5, 5.41) is 13.6. The topological polar surface area (TPSA) is 86.2 Å². The maximum absolute atomic E-state index is 12.8. The van der Waals surface area contributed by atoms with E-state index in [2.05, 4.69) is 5.32 Å². The van der Waals surface area contributed by atoms with E-state index in [0.717, 1.165) is 31.2 Å². The lowest BCUT2D eigenvalue weighted by Crippen LogP contribution is -2.32. The zero-order chi connectivity index (χ0) is 21.4. The Morgan fingerprint density at radius 2 is 1.69 bits per heavy atom. The quantitative estimate of drug-likeness (QED) is 0.515. The minimum atomic E-state index is -2.69. The van der Waals surface area contributed by atoms with Gasteiger partial charge in [0.1, 0.15) is 0 Å². The van der Waals surface area contributed by atoms with Gasteiger partial charge >= 0.3 is 0 Å². The Morgan fingerprint density at radius 1 is 1.10 bits per heavy atom. The Balaban J connectivity index is 1.89. The SMILES string of the molecule is COc1cc(C(C)NC[C@H](O)COP(C)(=O)C2CCCCC2)cc(OC)c1OC. The van der Waals surface area contributed by atoms with Crippen LogP contribution in [-0.4, -0.2) is 58.0 Å². The molecule has 0 spiro atoms. The van der Waals surface area contributed by atoms with Gasteiger partial charge in [-0.3, -0.25) is 4.57 Å². The molecule has 0 radical (unpaired) electrons. The number of benzene rings is 1. The first kappa shape index (κ1) is 24.0. The molecule has 1 aliphatic carbocycles. The number of hydrogen-bond donors (Lipinski definition) is 2. The molecule has 7 nitrogen and oxygen atoms in total. The Morgan fingerprint density at radius 3 is 2.21 bits per heavy atom. The Bertz CT molecular complexity index is 667. The Kier molecular flexibility index (Phi) is 9.28. The summed E-state index contributed by atoms with van der Waals surface area (Å²) in [5.74, 6) is 1.71. The van der Waals surface area contributed by atoms with Crippen LogP contribution < -0.4 is 19.5 Å². The number of aliphatic hydroxyl groups excluding tert-OH is 1. The molecule has 0 heterocycles. The fourth-order valence-corrected chi connectivity index (χ4v) is 5.71. The van der Waals surface area contributed by atoms with Crippen molar-refractivity contribution in [2.24, 2.45) is 0 Å². The molecule has 1 aliphatic rings. The minimum Gasteiger partial charge on any atom is -0.493 e. The number of rotatable bonds is 11. The van der Waals surface area contributed by atoms with Crippen LogP contribution >= 0.6 is 7.37 Å². The van der Waals surface area contributed by atoms with Gasteiger partial charge in [0, 0.05) is 24.9 Å². The summed E-state index contributed by atoms with van der Waals surface area (Å²) < 4.78 is 34.7. The van der Waals surface area contributed by atoms with Gasteiger partial charge in [-0.25, -0.2) is 0 Å². The highest BCUT2D eigenvalue weighted by molar-refractivity contribution is 7.58. The van der Waals surface area contributed by atoms with Gasteiger partial charge in [0.2, 0.25) is 13.1 Å². The van der Waals surface area contributed by atoms with Crippen molar-refractivity contribution < 1.29 is 28.4 Å². The number of ether oxygens (including phenoxy) is 3. The maximum Gasteiger partial charge on any atom is 0.203 e. The average Bonchev–Trinajstić information content (AvgIpc) is 2.75. The molecule has 166 valence electrons. The molecule has 1 aromatic carbocycles.